The average molecular weight is 643 g/mol. The van der Waals surface area contributed by atoms with E-state index >= 15 is 0 Å². The molecule has 6 rings (SSSR count). The number of fused-ring (bicyclic) bond motifs is 3. The van der Waals surface area contributed by atoms with Gasteiger partial charge in [0, 0.05) is 48.9 Å². The topological polar surface area (TPSA) is 148 Å². The number of hydrogen-bond acceptors (Lipinski definition) is 11. The zero-order valence-electron chi connectivity index (χ0n) is 28.2. The highest BCUT2D eigenvalue weighted by atomic mass is 16.6. The summed E-state index contributed by atoms with van der Waals surface area (Å²) in [7, 11) is 0. The molecule has 0 unspecified atom stereocenters. The van der Waals surface area contributed by atoms with Crippen LogP contribution in [0.25, 0.3) is 0 Å². The Morgan fingerprint density at radius 1 is 1.00 bits per heavy atom. The third-order valence-corrected chi connectivity index (χ3v) is 12.8. The van der Waals surface area contributed by atoms with E-state index in [1.807, 2.05) is 33.8 Å². The van der Waals surface area contributed by atoms with Crippen molar-refractivity contribution in [3.8, 4) is 0 Å². The number of epoxide rings is 1. The number of rotatable bonds is 6. The third kappa shape index (κ3) is 4.08. The molecule has 3 saturated carbocycles. The van der Waals surface area contributed by atoms with E-state index in [0.717, 1.165) is 5.56 Å². The van der Waals surface area contributed by atoms with Crippen LogP contribution in [-0.2, 0) is 47.7 Å². The lowest BCUT2D eigenvalue weighted by molar-refractivity contribution is -0.281. The third-order valence-electron chi connectivity index (χ3n) is 12.8. The quantitative estimate of drug-likeness (QED) is 0.242. The molecular formula is C35H46O11. The first-order valence-corrected chi connectivity index (χ1v) is 16.4. The fraction of sp³-hybridized carbons (Fsp3) is 0.743. The van der Waals surface area contributed by atoms with Gasteiger partial charge in [0.05, 0.1) is 36.4 Å². The van der Waals surface area contributed by atoms with Gasteiger partial charge in [-0.3, -0.25) is 24.0 Å². The summed E-state index contributed by atoms with van der Waals surface area (Å²) in [5, 5.41) is 0. The van der Waals surface area contributed by atoms with E-state index in [1.54, 1.807) is 33.3 Å². The Balaban J connectivity index is 1.66. The number of carbonyl (C=O) groups is 5. The number of hydrogen-bond donors (Lipinski definition) is 0. The molecule has 0 radical (unpaired) electrons. The van der Waals surface area contributed by atoms with E-state index in [9.17, 15) is 24.0 Å². The maximum atomic E-state index is 15.0. The van der Waals surface area contributed by atoms with Gasteiger partial charge in [-0.25, -0.2) is 0 Å². The van der Waals surface area contributed by atoms with Gasteiger partial charge < -0.3 is 28.1 Å². The first kappa shape index (κ1) is 32.7. The largest absolute Gasteiger partial charge is 0.472 e. The molecule has 1 aromatic rings. The highest BCUT2D eigenvalue weighted by Gasteiger charge is 2.92. The Labute approximate surface area is 269 Å². The van der Waals surface area contributed by atoms with Gasteiger partial charge in [0.1, 0.15) is 35.3 Å². The number of carbonyl (C=O) groups excluding carboxylic acids is 5. The fourth-order valence-corrected chi connectivity index (χ4v) is 10.7. The van der Waals surface area contributed by atoms with Crippen molar-refractivity contribution >= 4 is 29.7 Å². The summed E-state index contributed by atoms with van der Waals surface area (Å²) < 4.78 is 37.0. The molecule has 1 aromatic heterocycles. The summed E-state index contributed by atoms with van der Waals surface area (Å²) in [5.74, 6) is -4.64. The Morgan fingerprint density at radius 3 is 2.26 bits per heavy atom. The lowest BCUT2D eigenvalue weighted by atomic mass is 9.36. The Hall–Kier alpha value is -3.21. The molecule has 1 spiro atoms. The van der Waals surface area contributed by atoms with Gasteiger partial charge in [-0.2, -0.15) is 0 Å². The molecule has 3 heterocycles. The van der Waals surface area contributed by atoms with Crippen LogP contribution in [0, 0.1) is 34.0 Å². The van der Waals surface area contributed by atoms with Gasteiger partial charge in [0.2, 0.25) is 0 Å². The SMILES string of the molecule is CC[C@H](C)C(=O)O[C@H]1[C@@H](OC(C)=O)[C@@H]2[C@@]3(C)[C@@H](OC(C)=O)CC(=O)OC(C)(C)[C@H]3CC(=O)[C@@]2(C)[C@@]23O[C@@H]2C[C@H](c2ccoc2)[C@]13C. The van der Waals surface area contributed by atoms with Crippen molar-refractivity contribution in [3.63, 3.8) is 0 Å². The molecule has 252 valence electrons. The van der Waals surface area contributed by atoms with Crippen molar-refractivity contribution in [3.05, 3.63) is 24.2 Å². The molecule has 2 saturated heterocycles. The van der Waals surface area contributed by atoms with Crippen LogP contribution in [0.5, 0.6) is 0 Å². The predicted molar refractivity (Wildman–Crippen MR) is 160 cm³/mol. The zero-order valence-corrected chi connectivity index (χ0v) is 28.2. The summed E-state index contributed by atoms with van der Waals surface area (Å²) in [6, 6.07) is 1.87. The smallest absolute Gasteiger partial charge is 0.310 e. The van der Waals surface area contributed by atoms with E-state index < -0.39 is 87.4 Å². The zero-order chi connectivity index (χ0) is 33.8. The van der Waals surface area contributed by atoms with Crippen LogP contribution in [-0.4, -0.2) is 65.3 Å². The van der Waals surface area contributed by atoms with Crippen LogP contribution in [0.1, 0.15) is 99.5 Å². The highest BCUT2D eigenvalue weighted by Crippen LogP contribution is 2.82. The van der Waals surface area contributed by atoms with Gasteiger partial charge >= 0.3 is 23.9 Å². The highest BCUT2D eigenvalue weighted by molar-refractivity contribution is 5.90. The van der Waals surface area contributed by atoms with Gasteiger partial charge in [0.25, 0.3) is 0 Å². The van der Waals surface area contributed by atoms with Crippen LogP contribution in [0.4, 0.5) is 0 Å². The average Bonchev–Trinajstić information content (AvgIpc) is 3.33. The summed E-state index contributed by atoms with van der Waals surface area (Å²) in [6.07, 6.45) is 0.409. The van der Waals surface area contributed by atoms with E-state index in [0.29, 0.717) is 12.8 Å². The first-order chi connectivity index (χ1) is 21.4. The molecule has 2 aliphatic heterocycles. The molecule has 46 heavy (non-hydrogen) atoms. The first-order valence-electron chi connectivity index (χ1n) is 16.4. The maximum absolute atomic E-state index is 15.0. The van der Waals surface area contributed by atoms with Crippen molar-refractivity contribution in [2.24, 2.45) is 34.0 Å². The Kier molecular flexibility index (Phi) is 7.39. The molecule has 5 fully saturated rings. The number of cyclic esters (lactones) is 1. The standard InChI is InChI=1S/C35H46O11/c1-10-17(2)30(40)44-29-27(43-19(4)37)28-32(7)22(31(5,6)46-26(39)15-24(32)42-18(3)36)14-23(38)34(28,9)35-25(45-35)13-21(33(29,35)8)20-11-12-41-16-20/h11-12,16-17,21-22,24-25,27-29H,10,13-15H2,1-9H3/t17-,21+,22+,24-,25+,27-,28+,29-,32+,33+,34+,35+/m0/s1. The summed E-state index contributed by atoms with van der Waals surface area (Å²) in [6.45, 7) is 15.5. The van der Waals surface area contributed by atoms with Gasteiger partial charge in [0.15, 0.2) is 0 Å². The van der Waals surface area contributed by atoms with Crippen LogP contribution in [0.15, 0.2) is 23.0 Å². The van der Waals surface area contributed by atoms with Gasteiger partial charge in [-0.05, 0) is 45.2 Å². The Morgan fingerprint density at radius 2 is 1.67 bits per heavy atom. The molecule has 0 N–H and O–H groups in total. The monoisotopic (exact) mass is 642 g/mol. The second kappa shape index (κ2) is 10.4. The van der Waals surface area contributed by atoms with E-state index in [1.165, 1.54) is 13.8 Å². The normalized spacial score (nSPS) is 44.2. The molecule has 0 bridgehead atoms. The van der Waals surface area contributed by atoms with Gasteiger partial charge in [-0.15, -0.1) is 0 Å². The van der Waals surface area contributed by atoms with E-state index in [-0.39, 0.29) is 30.6 Å². The summed E-state index contributed by atoms with van der Waals surface area (Å²) in [5.41, 5.74) is -4.94. The minimum Gasteiger partial charge on any atom is -0.472 e. The van der Waals surface area contributed by atoms with Crippen LogP contribution in [0.3, 0.4) is 0 Å². The van der Waals surface area contributed by atoms with Gasteiger partial charge in [-0.1, -0.05) is 27.7 Å². The van der Waals surface area contributed by atoms with E-state index in [4.69, 9.17) is 28.1 Å². The van der Waals surface area contributed by atoms with Crippen molar-refractivity contribution < 1.29 is 52.1 Å². The second-order valence-electron chi connectivity index (χ2n) is 15.3. The summed E-state index contributed by atoms with van der Waals surface area (Å²) in [4.78, 5) is 67.8. The number of esters is 4. The molecule has 5 aliphatic rings. The number of Topliss-reactive ketones (excluding diaryl/α,β-unsaturated/α-hetero) is 1. The second-order valence-corrected chi connectivity index (χ2v) is 15.3. The lowest BCUT2D eigenvalue weighted by Crippen LogP contribution is -2.78. The van der Waals surface area contributed by atoms with Crippen molar-refractivity contribution in [1.29, 1.82) is 0 Å². The number of ketones is 1. The lowest BCUT2D eigenvalue weighted by Gasteiger charge is -2.67. The molecule has 0 amide bonds. The van der Waals surface area contributed by atoms with Crippen LogP contribution >= 0.6 is 0 Å². The van der Waals surface area contributed by atoms with Crippen LogP contribution in [0.2, 0.25) is 0 Å². The Bertz CT molecular complexity index is 1460. The minimum absolute atomic E-state index is 0.00987. The van der Waals surface area contributed by atoms with Crippen molar-refractivity contribution in [1.82, 2.24) is 0 Å². The molecule has 0 aromatic carbocycles. The van der Waals surface area contributed by atoms with Crippen molar-refractivity contribution in [2.45, 2.75) is 130 Å². The van der Waals surface area contributed by atoms with Crippen LogP contribution < -0.4 is 0 Å². The fourth-order valence-electron chi connectivity index (χ4n) is 10.7. The minimum atomic E-state index is -1.31. The number of furan rings is 1. The van der Waals surface area contributed by atoms with Crippen molar-refractivity contribution in [2.75, 3.05) is 0 Å². The molecule has 11 nitrogen and oxygen atoms in total. The maximum Gasteiger partial charge on any atom is 0.310 e. The molecule has 11 heteroatoms. The molecule has 12 atom stereocenters. The molecule has 3 aliphatic carbocycles. The van der Waals surface area contributed by atoms with E-state index in [2.05, 4.69) is 0 Å². The number of ether oxygens (including phenoxy) is 5. The summed E-state index contributed by atoms with van der Waals surface area (Å²) >= 11 is 0. The predicted octanol–water partition coefficient (Wildman–Crippen LogP) is 4.69. The molecular weight excluding hydrogens is 596 g/mol.